The van der Waals surface area contributed by atoms with Crippen LogP contribution in [0.25, 0.3) is 0 Å². The molecule has 4 N–H and O–H groups in total. The van der Waals surface area contributed by atoms with Gasteiger partial charge in [-0.1, -0.05) is 6.07 Å². The molecule has 2 unspecified atom stereocenters. The van der Waals surface area contributed by atoms with Crippen LogP contribution < -0.4 is 16.6 Å². The highest BCUT2D eigenvalue weighted by Crippen LogP contribution is 2.29. The Morgan fingerprint density at radius 1 is 1.46 bits per heavy atom. The molecule has 1 aliphatic carbocycles. The van der Waals surface area contributed by atoms with Crippen molar-refractivity contribution in [3.05, 3.63) is 55.6 Å². The van der Waals surface area contributed by atoms with Crippen LogP contribution >= 0.6 is 11.3 Å². The van der Waals surface area contributed by atoms with Gasteiger partial charge in [0.2, 0.25) is 5.91 Å². The quantitative estimate of drug-likeness (QED) is 0.787. The molecule has 7 heteroatoms. The number of aryl methyl sites for hydroxylation is 1. The Hall–Kier alpha value is -2.41. The van der Waals surface area contributed by atoms with E-state index in [9.17, 15) is 14.4 Å². The maximum atomic E-state index is 12.5. The third-order valence-corrected chi connectivity index (χ3v) is 5.45. The summed E-state index contributed by atoms with van der Waals surface area (Å²) in [5.74, 6) is -1.07. The van der Waals surface area contributed by atoms with Gasteiger partial charge in [0.1, 0.15) is 5.56 Å². The molecular weight excluding hydrogens is 326 g/mol. The number of hydrogen-bond donors (Lipinski definition) is 3. The van der Waals surface area contributed by atoms with Crippen molar-refractivity contribution < 1.29 is 9.59 Å². The van der Waals surface area contributed by atoms with Crippen LogP contribution in [0, 0.1) is 0 Å². The maximum absolute atomic E-state index is 12.5. The van der Waals surface area contributed by atoms with Crippen molar-refractivity contribution in [1.29, 1.82) is 0 Å². The van der Waals surface area contributed by atoms with Crippen molar-refractivity contribution in [2.75, 3.05) is 0 Å². The molecule has 2 heterocycles. The molecular formula is C17H19N3O3S. The molecule has 24 heavy (non-hydrogen) atoms. The standard InChI is InChI=1S/C17H19N3O3S/c1-9(14-6-3-7-24-14)16(22)19-12-4-2-5-13-10(12)8-11(15(18)21)17(23)20-13/h3,6-9,12H,2,4-5H2,1H3,(H2,18,21)(H,19,22)(H,20,23). The summed E-state index contributed by atoms with van der Waals surface area (Å²) in [5, 5.41) is 4.99. The number of rotatable bonds is 4. The zero-order valence-electron chi connectivity index (χ0n) is 13.3. The SMILES string of the molecule is CC(C(=O)NC1CCCc2[nH]c(=O)c(C(N)=O)cc21)c1cccs1. The van der Waals surface area contributed by atoms with Gasteiger partial charge in [-0.15, -0.1) is 11.3 Å². The first-order chi connectivity index (χ1) is 11.5. The fraction of sp³-hybridized carbons (Fsp3) is 0.353. The van der Waals surface area contributed by atoms with Gasteiger partial charge in [-0.05, 0) is 49.3 Å². The minimum Gasteiger partial charge on any atom is -0.365 e. The molecule has 2 atom stereocenters. The number of H-pyrrole nitrogens is 1. The monoisotopic (exact) mass is 345 g/mol. The number of carbonyl (C=O) groups excluding carboxylic acids is 2. The number of aromatic nitrogens is 1. The Labute approximate surface area is 143 Å². The van der Waals surface area contributed by atoms with Crippen molar-refractivity contribution in [3.63, 3.8) is 0 Å². The molecule has 0 spiro atoms. The minimum absolute atomic E-state index is 0.0675. The normalized spacial score (nSPS) is 17.8. The fourth-order valence-corrected chi connectivity index (χ4v) is 3.82. The van der Waals surface area contributed by atoms with E-state index in [2.05, 4.69) is 10.3 Å². The highest BCUT2D eigenvalue weighted by Gasteiger charge is 2.26. The number of primary amides is 1. The number of amides is 2. The first kappa shape index (κ1) is 16.4. The van der Waals surface area contributed by atoms with Crippen LogP contribution in [-0.4, -0.2) is 16.8 Å². The average Bonchev–Trinajstić information content (AvgIpc) is 3.07. The average molecular weight is 345 g/mol. The number of nitrogens with one attached hydrogen (secondary N) is 2. The van der Waals surface area contributed by atoms with Gasteiger partial charge < -0.3 is 16.0 Å². The topological polar surface area (TPSA) is 105 Å². The van der Waals surface area contributed by atoms with Crippen molar-refractivity contribution >= 4 is 23.2 Å². The Kier molecular flexibility index (Phi) is 4.53. The van der Waals surface area contributed by atoms with Crippen LogP contribution in [0.4, 0.5) is 0 Å². The van der Waals surface area contributed by atoms with Gasteiger partial charge in [-0.2, -0.15) is 0 Å². The summed E-state index contributed by atoms with van der Waals surface area (Å²) in [6.45, 7) is 1.87. The number of nitrogens with two attached hydrogens (primary N) is 1. The number of aromatic amines is 1. The van der Waals surface area contributed by atoms with E-state index in [4.69, 9.17) is 5.73 Å². The van der Waals surface area contributed by atoms with E-state index in [-0.39, 0.29) is 23.4 Å². The maximum Gasteiger partial charge on any atom is 0.261 e. The van der Waals surface area contributed by atoms with Gasteiger partial charge in [0.15, 0.2) is 0 Å². The first-order valence-corrected chi connectivity index (χ1v) is 8.75. The van der Waals surface area contributed by atoms with E-state index in [0.717, 1.165) is 35.4 Å². The van der Waals surface area contributed by atoms with Crippen molar-refractivity contribution in [3.8, 4) is 0 Å². The third kappa shape index (κ3) is 3.12. The number of thiophene rings is 1. The zero-order valence-corrected chi connectivity index (χ0v) is 14.1. The van der Waals surface area contributed by atoms with E-state index in [1.165, 1.54) is 6.07 Å². The minimum atomic E-state index is -0.762. The van der Waals surface area contributed by atoms with Crippen LogP contribution in [-0.2, 0) is 11.2 Å². The smallest absolute Gasteiger partial charge is 0.261 e. The number of hydrogen-bond acceptors (Lipinski definition) is 4. The highest BCUT2D eigenvalue weighted by molar-refractivity contribution is 7.10. The van der Waals surface area contributed by atoms with Gasteiger partial charge in [0.05, 0.1) is 12.0 Å². The molecule has 1 aliphatic rings. The summed E-state index contributed by atoms with van der Waals surface area (Å²) >= 11 is 1.55. The lowest BCUT2D eigenvalue weighted by molar-refractivity contribution is -0.123. The Balaban J connectivity index is 1.86. The Morgan fingerprint density at radius 2 is 2.25 bits per heavy atom. The lowest BCUT2D eigenvalue weighted by Gasteiger charge is -2.27. The van der Waals surface area contributed by atoms with E-state index in [1.54, 1.807) is 11.3 Å². The van der Waals surface area contributed by atoms with Gasteiger partial charge in [-0.25, -0.2) is 0 Å². The first-order valence-electron chi connectivity index (χ1n) is 7.87. The van der Waals surface area contributed by atoms with Gasteiger partial charge >= 0.3 is 0 Å². The van der Waals surface area contributed by atoms with E-state index in [0.29, 0.717) is 0 Å². The number of pyridine rings is 1. The third-order valence-electron chi connectivity index (χ3n) is 4.40. The van der Waals surface area contributed by atoms with Crippen LogP contribution in [0.1, 0.15) is 58.2 Å². The lowest BCUT2D eigenvalue weighted by Crippen LogP contribution is -2.35. The van der Waals surface area contributed by atoms with E-state index in [1.807, 2.05) is 24.4 Å². The van der Waals surface area contributed by atoms with Crippen LogP contribution in [0.5, 0.6) is 0 Å². The van der Waals surface area contributed by atoms with Crippen molar-refractivity contribution in [2.24, 2.45) is 5.73 Å². The Morgan fingerprint density at radius 3 is 2.92 bits per heavy atom. The van der Waals surface area contributed by atoms with Crippen LogP contribution in [0.3, 0.4) is 0 Å². The second-order valence-electron chi connectivity index (χ2n) is 6.00. The van der Waals surface area contributed by atoms with Crippen LogP contribution in [0.2, 0.25) is 0 Å². The van der Waals surface area contributed by atoms with Crippen LogP contribution in [0.15, 0.2) is 28.4 Å². The zero-order chi connectivity index (χ0) is 17.3. The Bertz CT molecular complexity index is 826. The largest absolute Gasteiger partial charge is 0.365 e. The molecule has 0 radical (unpaired) electrons. The second kappa shape index (κ2) is 6.60. The van der Waals surface area contributed by atoms with E-state index < -0.39 is 11.5 Å². The summed E-state index contributed by atoms with van der Waals surface area (Å²) in [4.78, 5) is 39.6. The number of fused-ring (bicyclic) bond motifs is 1. The number of carbonyl (C=O) groups is 2. The van der Waals surface area contributed by atoms with Crippen molar-refractivity contribution in [1.82, 2.24) is 10.3 Å². The summed E-state index contributed by atoms with van der Waals surface area (Å²) in [6.07, 6.45) is 2.34. The highest BCUT2D eigenvalue weighted by atomic mass is 32.1. The molecule has 2 aromatic heterocycles. The second-order valence-corrected chi connectivity index (χ2v) is 6.98. The molecule has 0 fully saturated rings. The summed E-state index contributed by atoms with van der Waals surface area (Å²) < 4.78 is 0. The molecule has 2 aromatic rings. The molecule has 2 amide bonds. The summed E-state index contributed by atoms with van der Waals surface area (Å²) in [5.41, 5.74) is 6.27. The summed E-state index contributed by atoms with van der Waals surface area (Å²) in [6, 6.07) is 5.16. The summed E-state index contributed by atoms with van der Waals surface area (Å²) in [7, 11) is 0. The molecule has 0 aromatic carbocycles. The molecule has 0 saturated carbocycles. The molecule has 0 saturated heterocycles. The van der Waals surface area contributed by atoms with Gasteiger partial charge in [0, 0.05) is 10.6 Å². The van der Waals surface area contributed by atoms with E-state index >= 15 is 0 Å². The molecule has 126 valence electrons. The predicted octanol–water partition coefficient (Wildman–Crippen LogP) is 1.83. The van der Waals surface area contributed by atoms with Crippen molar-refractivity contribution in [2.45, 2.75) is 38.1 Å². The molecule has 3 rings (SSSR count). The lowest BCUT2D eigenvalue weighted by atomic mass is 9.89. The predicted molar refractivity (Wildman–Crippen MR) is 92.1 cm³/mol. The fourth-order valence-electron chi connectivity index (χ4n) is 3.04. The van der Waals surface area contributed by atoms with Gasteiger partial charge in [0.25, 0.3) is 11.5 Å². The van der Waals surface area contributed by atoms with Gasteiger partial charge in [-0.3, -0.25) is 14.4 Å². The molecule has 0 bridgehead atoms. The molecule has 0 aliphatic heterocycles. The molecule has 6 nitrogen and oxygen atoms in total.